The van der Waals surface area contributed by atoms with Crippen LogP contribution in [0.4, 0.5) is 0 Å². The van der Waals surface area contributed by atoms with Crippen molar-refractivity contribution in [3.63, 3.8) is 0 Å². The fourth-order valence-corrected chi connectivity index (χ4v) is 6.74. The average molecular weight is 314 g/mol. The third-order valence-electron chi connectivity index (χ3n) is 8.11. The molecule has 126 valence electrons. The molecule has 23 heavy (non-hydrogen) atoms. The molecule has 7 atom stereocenters. The molecule has 2 nitrogen and oxygen atoms in total. The van der Waals surface area contributed by atoms with Crippen LogP contribution in [0.2, 0.25) is 0 Å². The Bertz CT molecular complexity index is 587. The fraction of sp³-hybridized carbons (Fsp3) is 0.762. The van der Waals surface area contributed by atoms with Gasteiger partial charge in [0, 0.05) is 6.42 Å². The Morgan fingerprint density at radius 1 is 1.22 bits per heavy atom. The minimum Gasteiger partial charge on any atom is -0.393 e. The van der Waals surface area contributed by atoms with Crippen LogP contribution >= 0.6 is 0 Å². The summed E-state index contributed by atoms with van der Waals surface area (Å²) >= 11 is 0. The summed E-state index contributed by atoms with van der Waals surface area (Å²) in [6, 6.07) is 0. The Hall–Kier alpha value is -0.890. The SMILES string of the molecule is CC(O)[C@H]1CC[C@H]2C3=CC[C@H]4CC(=O)C=C[C@]4(C)[C@H]3CC[C@]12C. The molecule has 0 aromatic heterocycles. The van der Waals surface area contributed by atoms with Gasteiger partial charge < -0.3 is 5.11 Å². The Morgan fingerprint density at radius 3 is 2.74 bits per heavy atom. The fourth-order valence-electron chi connectivity index (χ4n) is 6.74. The van der Waals surface area contributed by atoms with E-state index in [1.165, 1.54) is 19.3 Å². The van der Waals surface area contributed by atoms with E-state index < -0.39 is 0 Å². The number of aliphatic hydroxyl groups is 1. The molecule has 0 spiro atoms. The molecular weight excluding hydrogens is 284 g/mol. The van der Waals surface area contributed by atoms with E-state index in [2.05, 4.69) is 26.0 Å². The van der Waals surface area contributed by atoms with Crippen LogP contribution in [-0.4, -0.2) is 17.0 Å². The normalized spacial score (nSPS) is 49.9. The van der Waals surface area contributed by atoms with Crippen LogP contribution in [0, 0.1) is 34.5 Å². The van der Waals surface area contributed by atoms with Gasteiger partial charge >= 0.3 is 0 Å². The summed E-state index contributed by atoms with van der Waals surface area (Å²) in [6.45, 7) is 6.79. The molecule has 2 saturated carbocycles. The highest BCUT2D eigenvalue weighted by Gasteiger charge is 2.57. The highest BCUT2D eigenvalue weighted by Crippen LogP contribution is 2.65. The maximum atomic E-state index is 11.8. The molecule has 0 aliphatic heterocycles. The van der Waals surface area contributed by atoms with Crippen molar-refractivity contribution in [3.8, 4) is 0 Å². The Morgan fingerprint density at radius 2 is 2.00 bits per heavy atom. The molecule has 2 fully saturated rings. The summed E-state index contributed by atoms with van der Waals surface area (Å²) in [6.07, 6.45) is 13.0. The first-order valence-electron chi connectivity index (χ1n) is 9.46. The van der Waals surface area contributed by atoms with E-state index in [9.17, 15) is 9.90 Å². The lowest BCUT2D eigenvalue weighted by Gasteiger charge is -2.55. The first-order chi connectivity index (χ1) is 10.9. The molecular formula is C21H30O2. The van der Waals surface area contributed by atoms with E-state index in [4.69, 9.17) is 0 Å². The second kappa shape index (κ2) is 5.05. The molecule has 0 aromatic rings. The molecule has 0 radical (unpaired) electrons. The number of ketones is 1. The maximum absolute atomic E-state index is 11.8. The molecule has 4 aliphatic carbocycles. The second-order valence-electron chi connectivity index (χ2n) is 9.08. The highest BCUT2D eigenvalue weighted by molar-refractivity contribution is 5.91. The third kappa shape index (κ3) is 2.06. The smallest absolute Gasteiger partial charge is 0.155 e. The third-order valence-corrected chi connectivity index (χ3v) is 8.11. The molecule has 0 saturated heterocycles. The number of carbonyl (C=O) groups excluding carboxylic acids is 1. The highest BCUT2D eigenvalue weighted by atomic mass is 16.3. The quantitative estimate of drug-likeness (QED) is 0.733. The van der Waals surface area contributed by atoms with Gasteiger partial charge in [-0.2, -0.15) is 0 Å². The summed E-state index contributed by atoms with van der Waals surface area (Å²) in [5, 5.41) is 10.3. The monoisotopic (exact) mass is 314 g/mol. The Labute approximate surface area is 140 Å². The van der Waals surface area contributed by atoms with Gasteiger partial charge in [0.25, 0.3) is 0 Å². The molecule has 0 amide bonds. The van der Waals surface area contributed by atoms with Crippen molar-refractivity contribution in [3.05, 3.63) is 23.8 Å². The number of allylic oxidation sites excluding steroid dienone is 4. The van der Waals surface area contributed by atoms with Crippen molar-refractivity contribution in [2.24, 2.45) is 34.5 Å². The average Bonchev–Trinajstić information content (AvgIpc) is 2.85. The van der Waals surface area contributed by atoms with Crippen molar-refractivity contribution >= 4 is 5.78 Å². The van der Waals surface area contributed by atoms with Crippen LogP contribution in [0.3, 0.4) is 0 Å². The molecule has 1 unspecified atom stereocenters. The van der Waals surface area contributed by atoms with E-state index in [1.54, 1.807) is 5.57 Å². The van der Waals surface area contributed by atoms with Crippen LogP contribution in [0.15, 0.2) is 23.8 Å². The Kier molecular flexibility index (Phi) is 3.43. The topological polar surface area (TPSA) is 37.3 Å². The van der Waals surface area contributed by atoms with E-state index >= 15 is 0 Å². The summed E-state index contributed by atoms with van der Waals surface area (Å²) in [5.74, 6) is 2.50. The van der Waals surface area contributed by atoms with Gasteiger partial charge in [-0.05, 0) is 79.6 Å². The summed E-state index contributed by atoms with van der Waals surface area (Å²) in [5.41, 5.74) is 2.11. The van der Waals surface area contributed by atoms with Crippen LogP contribution in [0.25, 0.3) is 0 Å². The van der Waals surface area contributed by atoms with Gasteiger partial charge in [0.2, 0.25) is 0 Å². The maximum Gasteiger partial charge on any atom is 0.155 e. The summed E-state index contributed by atoms with van der Waals surface area (Å²) < 4.78 is 0. The zero-order valence-corrected chi connectivity index (χ0v) is 14.7. The lowest BCUT2D eigenvalue weighted by atomic mass is 9.49. The van der Waals surface area contributed by atoms with Gasteiger partial charge in [0.15, 0.2) is 5.78 Å². The van der Waals surface area contributed by atoms with Gasteiger partial charge in [-0.15, -0.1) is 0 Å². The predicted molar refractivity (Wildman–Crippen MR) is 91.8 cm³/mol. The lowest BCUT2D eigenvalue weighted by molar-refractivity contribution is -0.117. The number of carbonyl (C=O) groups is 1. The van der Waals surface area contributed by atoms with E-state index in [0.717, 1.165) is 19.3 Å². The molecule has 0 aromatic carbocycles. The van der Waals surface area contributed by atoms with Crippen LogP contribution < -0.4 is 0 Å². The summed E-state index contributed by atoms with van der Waals surface area (Å²) in [4.78, 5) is 11.8. The van der Waals surface area contributed by atoms with Crippen LogP contribution in [0.5, 0.6) is 0 Å². The zero-order chi connectivity index (χ0) is 16.4. The van der Waals surface area contributed by atoms with Crippen molar-refractivity contribution in [1.29, 1.82) is 0 Å². The number of aliphatic hydroxyl groups excluding tert-OH is 1. The first-order valence-corrected chi connectivity index (χ1v) is 9.46. The van der Waals surface area contributed by atoms with Crippen LogP contribution in [0.1, 0.15) is 59.3 Å². The number of hydrogen-bond donors (Lipinski definition) is 1. The molecule has 2 heteroatoms. The Balaban J connectivity index is 1.70. The van der Waals surface area contributed by atoms with Gasteiger partial charge in [-0.25, -0.2) is 0 Å². The summed E-state index contributed by atoms with van der Waals surface area (Å²) in [7, 11) is 0. The van der Waals surface area contributed by atoms with Crippen molar-refractivity contribution in [2.45, 2.75) is 65.4 Å². The van der Waals surface area contributed by atoms with E-state index in [0.29, 0.717) is 29.5 Å². The minimum absolute atomic E-state index is 0.169. The predicted octanol–water partition coefficient (Wildman–Crippen LogP) is 4.29. The lowest BCUT2D eigenvalue weighted by Crippen LogP contribution is -2.48. The van der Waals surface area contributed by atoms with Gasteiger partial charge in [-0.1, -0.05) is 31.6 Å². The minimum atomic E-state index is -0.193. The van der Waals surface area contributed by atoms with Crippen molar-refractivity contribution in [2.75, 3.05) is 0 Å². The van der Waals surface area contributed by atoms with Crippen molar-refractivity contribution < 1.29 is 9.90 Å². The molecule has 4 rings (SSSR count). The number of fused-ring (bicyclic) bond motifs is 5. The van der Waals surface area contributed by atoms with Gasteiger partial charge in [0.1, 0.15) is 0 Å². The van der Waals surface area contributed by atoms with E-state index in [-0.39, 0.29) is 16.9 Å². The van der Waals surface area contributed by atoms with Gasteiger partial charge in [-0.3, -0.25) is 4.79 Å². The zero-order valence-electron chi connectivity index (χ0n) is 14.7. The largest absolute Gasteiger partial charge is 0.393 e. The van der Waals surface area contributed by atoms with Crippen LogP contribution in [-0.2, 0) is 4.79 Å². The molecule has 0 bridgehead atoms. The van der Waals surface area contributed by atoms with Crippen molar-refractivity contribution in [1.82, 2.24) is 0 Å². The molecule has 4 aliphatic rings. The standard InChI is InChI=1S/C21H30O2/c1-13(22)17-6-7-18-16-5-4-14-12-15(23)8-10-20(14,2)19(16)9-11-21(17,18)3/h5,8,10,13-14,17-19,22H,4,6-7,9,11-12H2,1-3H3/t13?,14-,17+,18-,19-,20-,21+/m0/s1. The number of rotatable bonds is 1. The van der Waals surface area contributed by atoms with Gasteiger partial charge in [0.05, 0.1) is 6.10 Å². The first kappa shape index (κ1) is 15.6. The van der Waals surface area contributed by atoms with E-state index in [1.807, 2.05) is 13.0 Å². The molecule has 1 N–H and O–H groups in total. The number of hydrogen-bond acceptors (Lipinski definition) is 2. The second-order valence-corrected chi connectivity index (χ2v) is 9.08. The molecule has 0 heterocycles.